The van der Waals surface area contributed by atoms with E-state index >= 15 is 0 Å². The number of ether oxygens (including phenoxy) is 3. The van der Waals surface area contributed by atoms with Crippen molar-refractivity contribution in [2.75, 3.05) is 27.4 Å². The van der Waals surface area contributed by atoms with Gasteiger partial charge in [-0.3, -0.25) is 4.79 Å². The van der Waals surface area contributed by atoms with Crippen LogP contribution in [0, 0.1) is 3.57 Å². The predicted molar refractivity (Wildman–Crippen MR) is 133 cm³/mol. The summed E-state index contributed by atoms with van der Waals surface area (Å²) in [5, 5.41) is 0. The van der Waals surface area contributed by atoms with Crippen LogP contribution in [-0.2, 0) is 12.6 Å². The molecule has 0 saturated carbocycles. The number of hydrogen-bond donors (Lipinski definition) is 0. The summed E-state index contributed by atoms with van der Waals surface area (Å²) >= 11 is 2.12. The Morgan fingerprint density at radius 2 is 1.74 bits per heavy atom. The minimum atomic E-state index is -4.48. The number of amides is 1. The third-order valence-electron chi connectivity index (χ3n) is 5.94. The van der Waals surface area contributed by atoms with Crippen LogP contribution in [0.5, 0.6) is 17.2 Å². The normalized spacial score (nSPS) is 15.4. The molecule has 4 rings (SSSR count). The number of fused-ring (bicyclic) bond motifs is 1. The molecule has 1 atom stereocenters. The fourth-order valence-electron chi connectivity index (χ4n) is 4.18. The molecule has 35 heavy (non-hydrogen) atoms. The number of hydrogen-bond acceptors (Lipinski definition) is 4. The molecule has 1 unspecified atom stereocenters. The lowest BCUT2D eigenvalue weighted by molar-refractivity contribution is -0.137. The second kappa shape index (κ2) is 10.3. The van der Waals surface area contributed by atoms with Crippen molar-refractivity contribution in [1.29, 1.82) is 0 Å². The molecule has 1 aliphatic heterocycles. The minimum Gasteiger partial charge on any atom is -0.493 e. The first kappa shape index (κ1) is 25.2. The van der Waals surface area contributed by atoms with Gasteiger partial charge in [0.1, 0.15) is 12.4 Å². The molecule has 0 N–H and O–H groups in total. The quantitative estimate of drug-likeness (QED) is 0.320. The van der Waals surface area contributed by atoms with Crippen LogP contribution in [0.4, 0.5) is 13.2 Å². The Balaban J connectivity index is 1.71. The topological polar surface area (TPSA) is 48.0 Å². The van der Waals surface area contributed by atoms with E-state index in [1.165, 1.54) is 19.2 Å². The smallest absolute Gasteiger partial charge is 0.416 e. The molecule has 9 heteroatoms. The Hall–Kier alpha value is -2.95. The molecule has 184 valence electrons. The van der Waals surface area contributed by atoms with E-state index in [9.17, 15) is 18.0 Å². The Morgan fingerprint density at radius 1 is 1.03 bits per heavy atom. The van der Waals surface area contributed by atoms with Crippen LogP contribution in [0.25, 0.3) is 0 Å². The van der Waals surface area contributed by atoms with Crippen molar-refractivity contribution in [2.24, 2.45) is 0 Å². The van der Waals surface area contributed by atoms with Crippen molar-refractivity contribution < 1.29 is 32.2 Å². The molecule has 0 saturated heterocycles. The SMILES string of the molecule is COc1cc2c(cc1OC)C(COc1cccc(C(F)(F)F)c1)N(C(=O)c1ccccc1I)CC2. The maximum atomic E-state index is 13.6. The fraction of sp³-hybridized carbons (Fsp3) is 0.269. The zero-order valence-corrected chi connectivity index (χ0v) is 21.2. The summed E-state index contributed by atoms with van der Waals surface area (Å²) < 4.78 is 57.1. The lowest BCUT2D eigenvalue weighted by Crippen LogP contribution is -2.42. The lowest BCUT2D eigenvalue weighted by Gasteiger charge is -2.38. The Kier molecular flexibility index (Phi) is 7.44. The van der Waals surface area contributed by atoms with Crippen molar-refractivity contribution in [1.82, 2.24) is 4.90 Å². The molecular formula is C26H23F3INO4. The second-order valence-corrected chi connectivity index (χ2v) is 9.15. The highest BCUT2D eigenvalue weighted by Crippen LogP contribution is 2.39. The van der Waals surface area contributed by atoms with Gasteiger partial charge in [0.05, 0.1) is 31.4 Å². The summed E-state index contributed by atoms with van der Waals surface area (Å²) in [5.41, 5.74) is 1.53. The van der Waals surface area contributed by atoms with Gasteiger partial charge in [0.15, 0.2) is 11.5 Å². The van der Waals surface area contributed by atoms with E-state index in [4.69, 9.17) is 14.2 Å². The summed E-state index contributed by atoms with van der Waals surface area (Å²) in [5.74, 6) is 0.974. The molecule has 0 radical (unpaired) electrons. The van der Waals surface area contributed by atoms with E-state index in [0.29, 0.717) is 30.0 Å². The summed E-state index contributed by atoms with van der Waals surface area (Å²) in [6.07, 6.45) is -3.89. The van der Waals surface area contributed by atoms with Gasteiger partial charge in [0, 0.05) is 10.1 Å². The molecular weight excluding hydrogens is 574 g/mol. The molecule has 5 nitrogen and oxygen atoms in total. The largest absolute Gasteiger partial charge is 0.493 e. The van der Waals surface area contributed by atoms with Crippen molar-refractivity contribution >= 4 is 28.5 Å². The van der Waals surface area contributed by atoms with Gasteiger partial charge in [-0.1, -0.05) is 18.2 Å². The van der Waals surface area contributed by atoms with Gasteiger partial charge in [0.25, 0.3) is 5.91 Å². The van der Waals surface area contributed by atoms with E-state index in [2.05, 4.69) is 22.6 Å². The third-order valence-corrected chi connectivity index (χ3v) is 6.88. The van der Waals surface area contributed by atoms with Gasteiger partial charge < -0.3 is 19.1 Å². The first-order valence-corrected chi connectivity index (χ1v) is 11.9. The molecule has 1 heterocycles. The average Bonchev–Trinajstić information content (AvgIpc) is 2.85. The summed E-state index contributed by atoms with van der Waals surface area (Å²) in [6.45, 7) is 0.391. The first-order chi connectivity index (χ1) is 16.7. The number of methoxy groups -OCH3 is 2. The molecule has 0 spiro atoms. The van der Waals surface area contributed by atoms with Crippen LogP contribution < -0.4 is 14.2 Å². The van der Waals surface area contributed by atoms with Gasteiger partial charge in [-0.15, -0.1) is 0 Å². The van der Waals surface area contributed by atoms with E-state index in [0.717, 1.165) is 26.8 Å². The highest BCUT2D eigenvalue weighted by molar-refractivity contribution is 14.1. The molecule has 0 aliphatic carbocycles. The van der Waals surface area contributed by atoms with Crippen LogP contribution in [-0.4, -0.2) is 38.2 Å². The van der Waals surface area contributed by atoms with Crippen LogP contribution in [0.1, 0.15) is 33.1 Å². The summed E-state index contributed by atoms with van der Waals surface area (Å²) in [7, 11) is 3.07. The van der Waals surface area contributed by atoms with Gasteiger partial charge in [-0.2, -0.15) is 13.2 Å². The zero-order chi connectivity index (χ0) is 25.2. The van der Waals surface area contributed by atoms with E-state index in [1.807, 2.05) is 24.3 Å². The molecule has 0 fully saturated rings. The highest BCUT2D eigenvalue weighted by Gasteiger charge is 2.34. The Labute approximate surface area is 214 Å². The predicted octanol–water partition coefficient (Wildman–Crippen LogP) is 6.15. The number of carbonyl (C=O) groups excluding carboxylic acids is 1. The number of benzene rings is 3. The standard InChI is InChI=1S/C26H23F3INO4/c1-33-23-12-16-10-11-31(25(32)19-8-3-4-9-21(19)30)22(20(16)14-24(23)34-2)15-35-18-7-5-6-17(13-18)26(27,28)29/h3-9,12-14,22H,10-11,15H2,1-2H3. The third kappa shape index (κ3) is 5.34. The van der Waals surface area contributed by atoms with E-state index in [1.54, 1.807) is 24.1 Å². The first-order valence-electron chi connectivity index (χ1n) is 10.8. The van der Waals surface area contributed by atoms with Crippen molar-refractivity contribution in [3.63, 3.8) is 0 Å². The van der Waals surface area contributed by atoms with Crippen molar-refractivity contribution in [2.45, 2.75) is 18.6 Å². The highest BCUT2D eigenvalue weighted by atomic mass is 127. The lowest BCUT2D eigenvalue weighted by atomic mass is 9.91. The van der Waals surface area contributed by atoms with Crippen LogP contribution in [0.2, 0.25) is 0 Å². The zero-order valence-electron chi connectivity index (χ0n) is 19.1. The van der Waals surface area contributed by atoms with Gasteiger partial charge in [-0.25, -0.2) is 0 Å². The average molecular weight is 597 g/mol. The van der Waals surface area contributed by atoms with E-state index in [-0.39, 0.29) is 18.3 Å². The Bertz CT molecular complexity index is 1230. The van der Waals surface area contributed by atoms with Gasteiger partial charge >= 0.3 is 6.18 Å². The molecule has 0 aromatic heterocycles. The minimum absolute atomic E-state index is 0.0288. The van der Waals surface area contributed by atoms with Gasteiger partial charge in [-0.05, 0) is 82.6 Å². The summed E-state index contributed by atoms with van der Waals surface area (Å²) in [4.78, 5) is 15.3. The van der Waals surface area contributed by atoms with Crippen LogP contribution in [0.3, 0.4) is 0 Å². The fourth-order valence-corrected chi connectivity index (χ4v) is 4.80. The number of rotatable bonds is 6. The Morgan fingerprint density at radius 3 is 2.43 bits per heavy atom. The van der Waals surface area contributed by atoms with Gasteiger partial charge in [0.2, 0.25) is 0 Å². The van der Waals surface area contributed by atoms with Crippen molar-refractivity contribution in [3.8, 4) is 17.2 Å². The van der Waals surface area contributed by atoms with E-state index < -0.39 is 17.8 Å². The maximum Gasteiger partial charge on any atom is 0.416 e. The molecule has 1 aliphatic rings. The second-order valence-electron chi connectivity index (χ2n) is 7.99. The number of carbonyl (C=O) groups is 1. The molecule has 3 aromatic carbocycles. The molecule has 0 bridgehead atoms. The van der Waals surface area contributed by atoms with Crippen LogP contribution in [0.15, 0.2) is 60.7 Å². The maximum absolute atomic E-state index is 13.6. The summed E-state index contributed by atoms with van der Waals surface area (Å²) in [6, 6.07) is 15.1. The van der Waals surface area contributed by atoms with Crippen molar-refractivity contribution in [3.05, 3.63) is 86.5 Å². The number of alkyl halides is 3. The molecule has 3 aromatic rings. The number of halogens is 4. The van der Waals surface area contributed by atoms with Crippen LogP contribution >= 0.6 is 22.6 Å². The molecule has 1 amide bonds. The number of nitrogens with zero attached hydrogens (tertiary/aromatic N) is 1. The monoisotopic (exact) mass is 597 g/mol.